The van der Waals surface area contributed by atoms with E-state index >= 15 is 0 Å². The molecule has 0 saturated heterocycles. The molecular formula is C24H22F2N4O3. The number of halogens is 2. The van der Waals surface area contributed by atoms with Crippen LogP contribution in [0.5, 0.6) is 0 Å². The summed E-state index contributed by atoms with van der Waals surface area (Å²) in [6, 6.07) is 11.2. The van der Waals surface area contributed by atoms with E-state index in [2.05, 4.69) is 15.3 Å². The number of esters is 1. The fourth-order valence-electron chi connectivity index (χ4n) is 3.03. The lowest BCUT2D eigenvalue weighted by Crippen LogP contribution is -2.41. The molecule has 1 aromatic heterocycles. The van der Waals surface area contributed by atoms with Gasteiger partial charge in [-0.25, -0.2) is 23.5 Å². The standard InChI is InChI=1S/C24H22F2N4O3/c1-30(24-27-14-5-15-28-24)17-12-10-16(11-13-17)6-3-9-20(23(32)33-2)29-22(31)21-18(25)7-4-8-19(21)26/h3-8,10-15,20H,9H2,1-2H3,(H,29,31)/b6-3+/t20-/m0/s1. The fourth-order valence-corrected chi connectivity index (χ4v) is 3.03. The second kappa shape index (κ2) is 10.9. The third-order valence-corrected chi connectivity index (χ3v) is 4.80. The van der Waals surface area contributed by atoms with Crippen molar-refractivity contribution in [3.63, 3.8) is 0 Å². The van der Waals surface area contributed by atoms with Gasteiger partial charge >= 0.3 is 5.97 Å². The molecule has 0 fully saturated rings. The first-order chi connectivity index (χ1) is 15.9. The highest BCUT2D eigenvalue weighted by molar-refractivity contribution is 5.97. The van der Waals surface area contributed by atoms with Crippen molar-refractivity contribution in [1.82, 2.24) is 15.3 Å². The molecule has 0 saturated carbocycles. The fraction of sp³-hybridized carbons (Fsp3) is 0.167. The van der Waals surface area contributed by atoms with Crippen LogP contribution in [0.15, 0.2) is 67.0 Å². The van der Waals surface area contributed by atoms with E-state index in [1.807, 2.05) is 36.2 Å². The Balaban J connectivity index is 1.66. The summed E-state index contributed by atoms with van der Waals surface area (Å²) >= 11 is 0. The number of aromatic nitrogens is 2. The minimum absolute atomic E-state index is 0.0635. The van der Waals surface area contributed by atoms with E-state index in [0.717, 1.165) is 29.4 Å². The van der Waals surface area contributed by atoms with E-state index in [-0.39, 0.29) is 6.42 Å². The molecule has 0 aliphatic carbocycles. The highest BCUT2D eigenvalue weighted by Gasteiger charge is 2.24. The Bertz CT molecular complexity index is 1120. The van der Waals surface area contributed by atoms with Crippen molar-refractivity contribution in [2.75, 3.05) is 19.1 Å². The van der Waals surface area contributed by atoms with Crippen LogP contribution in [0.4, 0.5) is 20.4 Å². The van der Waals surface area contributed by atoms with E-state index < -0.39 is 35.1 Å². The van der Waals surface area contributed by atoms with Gasteiger partial charge in [0.1, 0.15) is 23.2 Å². The number of ether oxygens (including phenoxy) is 1. The summed E-state index contributed by atoms with van der Waals surface area (Å²) in [4.78, 5) is 34.6. The maximum atomic E-state index is 13.9. The number of methoxy groups -OCH3 is 1. The number of carbonyl (C=O) groups is 2. The van der Waals surface area contributed by atoms with E-state index in [1.165, 1.54) is 7.11 Å². The summed E-state index contributed by atoms with van der Waals surface area (Å²) in [6.45, 7) is 0. The van der Waals surface area contributed by atoms with E-state index in [4.69, 9.17) is 4.74 Å². The molecule has 170 valence electrons. The normalized spacial score (nSPS) is 11.8. The number of rotatable bonds is 8. The predicted molar refractivity (Wildman–Crippen MR) is 120 cm³/mol. The smallest absolute Gasteiger partial charge is 0.328 e. The molecule has 33 heavy (non-hydrogen) atoms. The third-order valence-electron chi connectivity index (χ3n) is 4.80. The van der Waals surface area contributed by atoms with Gasteiger partial charge in [0.15, 0.2) is 0 Å². The zero-order valence-electron chi connectivity index (χ0n) is 18.0. The van der Waals surface area contributed by atoms with Gasteiger partial charge in [0.2, 0.25) is 5.95 Å². The molecule has 1 heterocycles. The monoisotopic (exact) mass is 452 g/mol. The molecular weight excluding hydrogens is 430 g/mol. The molecule has 0 unspecified atom stereocenters. The number of hydrogen-bond donors (Lipinski definition) is 1. The van der Waals surface area contributed by atoms with Gasteiger partial charge in [-0.15, -0.1) is 0 Å². The average Bonchev–Trinajstić information content (AvgIpc) is 2.83. The first-order valence-corrected chi connectivity index (χ1v) is 10.0. The van der Waals surface area contributed by atoms with E-state index in [1.54, 1.807) is 30.6 Å². The van der Waals surface area contributed by atoms with Crippen LogP contribution in [0, 0.1) is 11.6 Å². The lowest BCUT2D eigenvalue weighted by molar-refractivity contribution is -0.142. The zero-order valence-corrected chi connectivity index (χ0v) is 18.0. The number of hydrogen-bond acceptors (Lipinski definition) is 6. The number of benzene rings is 2. The van der Waals surface area contributed by atoms with Crippen LogP contribution < -0.4 is 10.2 Å². The molecule has 3 rings (SSSR count). The molecule has 1 amide bonds. The number of carbonyl (C=O) groups excluding carboxylic acids is 2. The van der Waals surface area contributed by atoms with Crippen molar-refractivity contribution in [2.45, 2.75) is 12.5 Å². The summed E-state index contributed by atoms with van der Waals surface area (Å²) in [5.41, 5.74) is 0.971. The van der Waals surface area contributed by atoms with Crippen LogP contribution in [0.2, 0.25) is 0 Å². The number of nitrogens with zero attached hydrogens (tertiary/aromatic N) is 3. The Kier molecular flexibility index (Phi) is 7.80. The zero-order chi connectivity index (χ0) is 23.8. The van der Waals surface area contributed by atoms with Gasteiger partial charge in [0, 0.05) is 25.1 Å². The minimum Gasteiger partial charge on any atom is -0.467 e. The lowest BCUT2D eigenvalue weighted by atomic mass is 10.1. The van der Waals surface area contributed by atoms with Crippen LogP contribution >= 0.6 is 0 Å². The molecule has 7 nitrogen and oxygen atoms in total. The SMILES string of the molecule is COC(=O)[C@H](C/C=C/c1ccc(N(C)c2ncccn2)cc1)NC(=O)c1c(F)cccc1F. The molecule has 0 bridgehead atoms. The molecule has 1 atom stereocenters. The Labute approximate surface area is 189 Å². The van der Waals surface area contributed by atoms with Crippen molar-refractivity contribution in [1.29, 1.82) is 0 Å². The number of amides is 1. The van der Waals surface area contributed by atoms with Gasteiger partial charge in [-0.05, 0) is 42.3 Å². The van der Waals surface area contributed by atoms with Crippen molar-refractivity contribution in [2.24, 2.45) is 0 Å². The van der Waals surface area contributed by atoms with Gasteiger partial charge in [-0.3, -0.25) is 4.79 Å². The molecule has 9 heteroatoms. The summed E-state index contributed by atoms with van der Waals surface area (Å²) in [5, 5.41) is 2.33. The second-order valence-corrected chi connectivity index (χ2v) is 6.98. The Hall–Kier alpha value is -4.14. The van der Waals surface area contributed by atoms with Gasteiger partial charge in [-0.2, -0.15) is 0 Å². The van der Waals surface area contributed by atoms with E-state index in [9.17, 15) is 18.4 Å². The van der Waals surface area contributed by atoms with Crippen LogP contribution in [-0.2, 0) is 9.53 Å². The van der Waals surface area contributed by atoms with Crippen molar-refractivity contribution < 1.29 is 23.1 Å². The van der Waals surface area contributed by atoms with Gasteiger partial charge in [0.25, 0.3) is 5.91 Å². The van der Waals surface area contributed by atoms with Gasteiger partial charge in [-0.1, -0.05) is 30.4 Å². The molecule has 0 radical (unpaired) electrons. The maximum absolute atomic E-state index is 13.9. The number of nitrogens with one attached hydrogen (secondary N) is 1. The third kappa shape index (κ3) is 5.97. The average molecular weight is 452 g/mol. The summed E-state index contributed by atoms with van der Waals surface area (Å²) in [7, 11) is 3.02. The lowest BCUT2D eigenvalue weighted by Gasteiger charge is -2.17. The maximum Gasteiger partial charge on any atom is 0.328 e. The van der Waals surface area contributed by atoms with Crippen LogP contribution in [-0.4, -0.2) is 42.0 Å². The van der Waals surface area contributed by atoms with Crippen LogP contribution in [0.1, 0.15) is 22.3 Å². The molecule has 3 aromatic rings. The Morgan fingerprint density at radius 3 is 2.30 bits per heavy atom. The van der Waals surface area contributed by atoms with E-state index in [0.29, 0.717) is 5.95 Å². The largest absolute Gasteiger partial charge is 0.467 e. The predicted octanol–water partition coefficient (Wildman–Crippen LogP) is 3.90. The second-order valence-electron chi connectivity index (χ2n) is 6.98. The number of anilines is 2. The molecule has 2 aromatic carbocycles. The molecule has 1 N–H and O–H groups in total. The topological polar surface area (TPSA) is 84.4 Å². The van der Waals surface area contributed by atoms with Crippen LogP contribution in [0.25, 0.3) is 6.08 Å². The summed E-state index contributed by atoms with van der Waals surface area (Å²) < 4.78 is 32.4. The summed E-state index contributed by atoms with van der Waals surface area (Å²) in [6.07, 6.45) is 6.81. The highest BCUT2D eigenvalue weighted by atomic mass is 19.1. The van der Waals surface area contributed by atoms with Crippen LogP contribution in [0.3, 0.4) is 0 Å². The first-order valence-electron chi connectivity index (χ1n) is 10.0. The molecule has 0 aliphatic heterocycles. The Morgan fingerprint density at radius 2 is 1.70 bits per heavy atom. The van der Waals surface area contributed by atoms with Crippen molar-refractivity contribution >= 4 is 29.6 Å². The Morgan fingerprint density at radius 1 is 1.06 bits per heavy atom. The van der Waals surface area contributed by atoms with Gasteiger partial charge < -0.3 is 15.0 Å². The van der Waals surface area contributed by atoms with Gasteiger partial charge in [0.05, 0.1) is 7.11 Å². The molecule has 0 spiro atoms. The minimum atomic E-state index is -1.11. The molecule has 0 aliphatic rings. The summed E-state index contributed by atoms with van der Waals surface area (Å²) in [5.74, 6) is -3.24. The quantitative estimate of drug-likeness (QED) is 0.522. The highest BCUT2D eigenvalue weighted by Crippen LogP contribution is 2.20. The first kappa shape index (κ1) is 23.5. The van der Waals surface area contributed by atoms with Crippen molar-refractivity contribution in [3.05, 3.63) is 89.8 Å². The van der Waals surface area contributed by atoms with Crippen molar-refractivity contribution in [3.8, 4) is 0 Å².